The lowest BCUT2D eigenvalue weighted by atomic mass is 9.83. The number of allylic oxidation sites excluding steroid dienone is 1. The summed E-state index contributed by atoms with van der Waals surface area (Å²) in [4.78, 5) is 37.5. The second-order valence-electron chi connectivity index (χ2n) is 7.79. The second kappa shape index (κ2) is 8.59. The van der Waals surface area contributed by atoms with Crippen molar-refractivity contribution in [3.8, 4) is 0 Å². The van der Waals surface area contributed by atoms with Gasteiger partial charge in [0.15, 0.2) is 12.4 Å². The highest BCUT2D eigenvalue weighted by Gasteiger charge is 2.38. The van der Waals surface area contributed by atoms with Crippen LogP contribution in [-0.2, 0) is 14.9 Å². The summed E-state index contributed by atoms with van der Waals surface area (Å²) >= 11 is 0. The van der Waals surface area contributed by atoms with Gasteiger partial charge in [-0.15, -0.1) is 0 Å². The van der Waals surface area contributed by atoms with E-state index in [4.69, 9.17) is 4.74 Å². The first-order valence-corrected chi connectivity index (χ1v) is 9.94. The molecule has 8 heteroatoms. The Hall–Kier alpha value is -3.68. The van der Waals surface area contributed by atoms with Crippen molar-refractivity contribution in [2.75, 3.05) is 30.4 Å². The van der Waals surface area contributed by atoms with Crippen molar-refractivity contribution in [1.82, 2.24) is 0 Å². The highest BCUT2D eigenvalue weighted by molar-refractivity contribution is 5.97. The predicted octanol–water partition coefficient (Wildman–Crippen LogP) is 4.06. The first-order valence-electron chi connectivity index (χ1n) is 9.94. The molecule has 1 aliphatic heterocycles. The van der Waals surface area contributed by atoms with Gasteiger partial charge in [0.05, 0.1) is 10.5 Å². The molecular weight excluding hydrogens is 398 g/mol. The summed E-state index contributed by atoms with van der Waals surface area (Å²) in [6.45, 7) is 5.93. The third kappa shape index (κ3) is 4.28. The number of nitro groups is 1. The van der Waals surface area contributed by atoms with Crippen molar-refractivity contribution in [2.24, 2.45) is 0 Å². The minimum absolute atomic E-state index is 0.0134. The fourth-order valence-electron chi connectivity index (χ4n) is 3.82. The van der Waals surface area contributed by atoms with E-state index in [0.29, 0.717) is 12.2 Å². The minimum atomic E-state index is -0.791. The zero-order valence-corrected chi connectivity index (χ0v) is 18.0. The van der Waals surface area contributed by atoms with E-state index in [-0.39, 0.29) is 22.4 Å². The third-order valence-corrected chi connectivity index (χ3v) is 5.38. The topological polar surface area (TPSA) is 102 Å². The van der Waals surface area contributed by atoms with Gasteiger partial charge in [0.2, 0.25) is 0 Å². The van der Waals surface area contributed by atoms with Crippen LogP contribution in [0.25, 0.3) is 0 Å². The van der Waals surface area contributed by atoms with Crippen LogP contribution in [0.3, 0.4) is 0 Å². The number of ether oxygens (including phenoxy) is 1. The normalized spacial score (nSPS) is 15.5. The summed E-state index contributed by atoms with van der Waals surface area (Å²) in [7, 11) is 1.89. The number of carbonyl (C=O) groups excluding carboxylic acids is 2. The Balaban J connectivity index is 1.72. The molecule has 0 fully saturated rings. The maximum atomic E-state index is 12.5. The molecule has 1 N–H and O–H groups in total. The fourth-order valence-corrected chi connectivity index (χ4v) is 3.82. The number of nitro benzene ring substituents is 1. The highest BCUT2D eigenvalue weighted by atomic mass is 16.6. The zero-order chi connectivity index (χ0) is 22.8. The van der Waals surface area contributed by atoms with Gasteiger partial charge in [0.1, 0.15) is 5.69 Å². The van der Waals surface area contributed by atoms with Crippen LogP contribution in [0, 0.1) is 10.1 Å². The monoisotopic (exact) mass is 423 g/mol. The molecule has 2 aromatic rings. The summed E-state index contributed by atoms with van der Waals surface area (Å²) in [5.41, 5.74) is 2.68. The number of hydrogen-bond acceptors (Lipinski definition) is 7. The van der Waals surface area contributed by atoms with Gasteiger partial charge in [-0.3, -0.25) is 14.9 Å². The lowest BCUT2D eigenvalue weighted by Gasteiger charge is -2.23. The molecule has 0 saturated heterocycles. The molecule has 0 aliphatic carbocycles. The Morgan fingerprint density at radius 2 is 1.94 bits per heavy atom. The summed E-state index contributed by atoms with van der Waals surface area (Å²) < 4.78 is 5.12. The fraction of sp³-hybridized carbons (Fsp3) is 0.304. The Kier molecular flexibility index (Phi) is 6.10. The number of nitrogens with one attached hydrogen (secondary N) is 1. The average molecular weight is 423 g/mol. The summed E-state index contributed by atoms with van der Waals surface area (Å²) in [6.07, 6.45) is 1.49. The summed E-state index contributed by atoms with van der Waals surface area (Å²) in [6, 6.07) is 12.0. The van der Waals surface area contributed by atoms with Crippen LogP contribution in [0.1, 0.15) is 36.7 Å². The van der Waals surface area contributed by atoms with E-state index in [1.54, 1.807) is 0 Å². The van der Waals surface area contributed by atoms with Crippen molar-refractivity contribution < 1.29 is 19.2 Å². The van der Waals surface area contributed by atoms with Gasteiger partial charge in [0.25, 0.3) is 5.69 Å². The molecule has 0 bridgehead atoms. The van der Waals surface area contributed by atoms with Gasteiger partial charge in [-0.05, 0) is 30.7 Å². The summed E-state index contributed by atoms with van der Waals surface area (Å²) in [5.74, 6) is -1.16. The predicted molar refractivity (Wildman–Crippen MR) is 119 cm³/mol. The number of anilines is 2. The number of benzene rings is 2. The van der Waals surface area contributed by atoms with Crippen molar-refractivity contribution >= 4 is 28.8 Å². The number of likely N-dealkylation sites (N-methyl/N-ethyl adjacent to an activating group) is 1. The molecule has 3 rings (SSSR count). The number of esters is 1. The quantitative estimate of drug-likeness (QED) is 0.310. The molecule has 31 heavy (non-hydrogen) atoms. The Morgan fingerprint density at radius 1 is 1.23 bits per heavy atom. The van der Waals surface area contributed by atoms with E-state index in [0.717, 1.165) is 23.0 Å². The van der Waals surface area contributed by atoms with Crippen LogP contribution in [0.2, 0.25) is 0 Å². The molecular formula is C23H25N3O5. The Morgan fingerprint density at radius 3 is 2.58 bits per heavy atom. The van der Waals surface area contributed by atoms with Crippen molar-refractivity contribution in [3.63, 3.8) is 0 Å². The SMILES string of the molecule is CCNc1ccc(C(=O)OCC(=O)C=C2N(C)c3ccccc3C2(C)C)cc1[N+](=O)[O-]. The van der Waals surface area contributed by atoms with Crippen molar-refractivity contribution in [1.29, 1.82) is 0 Å². The lowest BCUT2D eigenvalue weighted by molar-refractivity contribution is -0.384. The maximum Gasteiger partial charge on any atom is 0.338 e. The smallest absolute Gasteiger partial charge is 0.338 e. The largest absolute Gasteiger partial charge is 0.454 e. The van der Waals surface area contributed by atoms with E-state index < -0.39 is 17.5 Å². The molecule has 0 radical (unpaired) electrons. The lowest BCUT2D eigenvalue weighted by Crippen LogP contribution is -2.25. The first-order chi connectivity index (χ1) is 14.7. The molecule has 1 heterocycles. The van der Waals surface area contributed by atoms with E-state index in [1.807, 2.05) is 57.0 Å². The van der Waals surface area contributed by atoms with Gasteiger partial charge in [-0.1, -0.05) is 32.0 Å². The van der Waals surface area contributed by atoms with Gasteiger partial charge in [-0.2, -0.15) is 0 Å². The highest BCUT2D eigenvalue weighted by Crippen LogP contribution is 2.46. The molecule has 2 aromatic carbocycles. The van der Waals surface area contributed by atoms with Crippen LogP contribution >= 0.6 is 0 Å². The standard InChI is InChI=1S/C23H25N3O5/c1-5-24-18-11-10-15(12-20(18)26(29)30)22(28)31-14-16(27)13-21-23(2,3)17-8-6-7-9-19(17)25(21)4/h6-13,24H,5,14H2,1-4H3. The van der Waals surface area contributed by atoms with Crippen molar-refractivity contribution in [2.45, 2.75) is 26.2 Å². The van der Waals surface area contributed by atoms with Gasteiger partial charge in [-0.25, -0.2) is 4.79 Å². The van der Waals surface area contributed by atoms with E-state index in [9.17, 15) is 19.7 Å². The molecule has 0 unspecified atom stereocenters. The van der Waals surface area contributed by atoms with Crippen LogP contribution in [0.15, 0.2) is 54.2 Å². The number of carbonyl (C=O) groups is 2. The molecule has 1 aliphatic rings. The van der Waals surface area contributed by atoms with Crippen molar-refractivity contribution in [3.05, 3.63) is 75.5 Å². The molecule has 0 atom stereocenters. The number of nitrogens with zero attached hydrogens (tertiary/aromatic N) is 2. The van der Waals surface area contributed by atoms with E-state index >= 15 is 0 Å². The zero-order valence-electron chi connectivity index (χ0n) is 18.0. The molecule has 0 amide bonds. The van der Waals surface area contributed by atoms with E-state index in [1.165, 1.54) is 18.2 Å². The van der Waals surface area contributed by atoms with Gasteiger partial charge >= 0.3 is 5.97 Å². The number of rotatable bonds is 7. The first kappa shape index (κ1) is 22.0. The van der Waals surface area contributed by atoms with E-state index in [2.05, 4.69) is 5.32 Å². The third-order valence-electron chi connectivity index (χ3n) is 5.38. The summed E-state index contributed by atoms with van der Waals surface area (Å²) in [5, 5.41) is 14.1. The van der Waals surface area contributed by atoms with Gasteiger partial charge < -0.3 is 15.0 Å². The molecule has 162 valence electrons. The Labute approximate surface area is 180 Å². The number of ketones is 1. The number of fused-ring (bicyclic) bond motifs is 1. The average Bonchev–Trinajstić information content (AvgIpc) is 2.93. The van der Waals surface area contributed by atoms with Crippen LogP contribution in [-0.4, -0.2) is 36.9 Å². The minimum Gasteiger partial charge on any atom is -0.454 e. The second-order valence-corrected chi connectivity index (χ2v) is 7.79. The van der Waals surface area contributed by atoms with Crippen LogP contribution < -0.4 is 10.2 Å². The number of para-hydroxylation sites is 1. The van der Waals surface area contributed by atoms with Crippen LogP contribution in [0.4, 0.5) is 17.1 Å². The molecule has 0 aromatic heterocycles. The number of hydrogen-bond donors (Lipinski definition) is 1. The molecule has 0 saturated carbocycles. The molecule has 0 spiro atoms. The van der Waals surface area contributed by atoms with Crippen LogP contribution in [0.5, 0.6) is 0 Å². The maximum absolute atomic E-state index is 12.5. The Bertz CT molecular complexity index is 1070. The van der Waals surface area contributed by atoms with Gasteiger partial charge in [0, 0.05) is 42.5 Å². The molecule has 8 nitrogen and oxygen atoms in total.